The van der Waals surface area contributed by atoms with E-state index in [1.54, 1.807) is 0 Å². The van der Waals surface area contributed by atoms with Crippen LogP contribution in [0.4, 0.5) is 0 Å². The van der Waals surface area contributed by atoms with Crippen molar-refractivity contribution in [3.05, 3.63) is 15.9 Å². The van der Waals surface area contributed by atoms with E-state index in [1.165, 1.54) is 25.7 Å². The van der Waals surface area contributed by atoms with E-state index in [4.69, 9.17) is 0 Å². The van der Waals surface area contributed by atoms with Gasteiger partial charge in [-0.2, -0.15) is 5.10 Å². The van der Waals surface area contributed by atoms with Gasteiger partial charge in [0.25, 0.3) is 0 Å². The average Bonchev–Trinajstić information content (AvgIpc) is 3.06. The van der Waals surface area contributed by atoms with Crippen molar-refractivity contribution in [2.45, 2.75) is 78.4 Å². The van der Waals surface area contributed by atoms with Gasteiger partial charge in [-0.3, -0.25) is 4.68 Å². The van der Waals surface area contributed by atoms with Gasteiger partial charge in [0.05, 0.1) is 22.0 Å². The molecule has 2 rings (SSSR count). The van der Waals surface area contributed by atoms with Crippen molar-refractivity contribution >= 4 is 15.9 Å². The van der Waals surface area contributed by atoms with E-state index >= 15 is 0 Å². The first-order chi connectivity index (χ1) is 9.57. The first-order valence-electron chi connectivity index (χ1n) is 8.00. The minimum absolute atomic E-state index is 0.134. The van der Waals surface area contributed by atoms with Crippen LogP contribution in [0.15, 0.2) is 4.47 Å². The van der Waals surface area contributed by atoms with Crippen molar-refractivity contribution < 1.29 is 5.11 Å². The van der Waals surface area contributed by atoms with E-state index in [0.29, 0.717) is 0 Å². The number of halogens is 1. The summed E-state index contributed by atoms with van der Waals surface area (Å²) in [5, 5.41) is 15.5. The minimum Gasteiger partial charge on any atom is -0.392 e. The van der Waals surface area contributed by atoms with Crippen LogP contribution in [0.3, 0.4) is 0 Å². The van der Waals surface area contributed by atoms with Crippen LogP contribution in [0.2, 0.25) is 0 Å². The molecule has 0 bridgehead atoms. The van der Waals surface area contributed by atoms with Crippen LogP contribution in [-0.2, 0) is 19.4 Å². The van der Waals surface area contributed by atoms with Gasteiger partial charge in [0.2, 0.25) is 0 Å². The van der Waals surface area contributed by atoms with Crippen LogP contribution >= 0.6 is 15.9 Å². The third-order valence-corrected chi connectivity index (χ3v) is 6.01. The minimum atomic E-state index is -0.252. The average molecular weight is 343 g/mol. The van der Waals surface area contributed by atoms with E-state index < -0.39 is 0 Å². The molecule has 0 radical (unpaired) electrons. The van der Waals surface area contributed by atoms with Crippen LogP contribution in [0.25, 0.3) is 0 Å². The molecule has 0 aliphatic heterocycles. The highest BCUT2D eigenvalue weighted by atomic mass is 79.9. The second-order valence-corrected chi connectivity index (χ2v) is 6.81. The quantitative estimate of drug-likeness (QED) is 0.844. The van der Waals surface area contributed by atoms with Crippen molar-refractivity contribution in [3.63, 3.8) is 0 Å². The molecule has 114 valence electrons. The second kappa shape index (κ2) is 6.61. The van der Waals surface area contributed by atoms with Gasteiger partial charge in [-0.05, 0) is 54.0 Å². The fraction of sp³-hybridized carbons (Fsp3) is 0.812. The highest BCUT2D eigenvalue weighted by molar-refractivity contribution is 9.10. The number of aromatic nitrogens is 2. The summed E-state index contributed by atoms with van der Waals surface area (Å²) in [6.07, 6.45) is 7.33. The van der Waals surface area contributed by atoms with Gasteiger partial charge in [-0.25, -0.2) is 0 Å². The summed E-state index contributed by atoms with van der Waals surface area (Å²) in [7, 11) is 0. The molecule has 4 heteroatoms. The first kappa shape index (κ1) is 16.0. The molecule has 1 heterocycles. The Labute approximate surface area is 130 Å². The molecule has 1 aromatic heterocycles. The Hall–Kier alpha value is -0.350. The van der Waals surface area contributed by atoms with Crippen LogP contribution in [0.1, 0.15) is 64.3 Å². The molecule has 0 saturated heterocycles. The second-order valence-electron chi connectivity index (χ2n) is 6.02. The molecular formula is C16H27BrN2O. The summed E-state index contributed by atoms with van der Waals surface area (Å²) in [4.78, 5) is 0. The molecule has 0 amide bonds. The van der Waals surface area contributed by atoms with Gasteiger partial charge in [-0.1, -0.05) is 26.7 Å². The fourth-order valence-corrected chi connectivity index (χ4v) is 4.34. The zero-order chi connectivity index (χ0) is 14.8. The molecule has 1 N–H and O–H groups in total. The summed E-state index contributed by atoms with van der Waals surface area (Å²) >= 11 is 3.69. The summed E-state index contributed by atoms with van der Waals surface area (Å²) in [6, 6.07) is 0. The standard InChI is InChI=1S/C16H27BrN2O/c1-4-12-15(17)13(19(6-3)18-12)11-14(20)16(5-2)9-7-8-10-16/h14,20H,4-11H2,1-3H3. The number of hydrogen-bond donors (Lipinski definition) is 1. The Bertz CT molecular complexity index is 450. The molecule has 0 spiro atoms. The highest BCUT2D eigenvalue weighted by Crippen LogP contribution is 2.45. The van der Waals surface area contributed by atoms with Crippen LogP contribution in [0.5, 0.6) is 0 Å². The van der Waals surface area contributed by atoms with E-state index in [-0.39, 0.29) is 11.5 Å². The van der Waals surface area contributed by atoms with Gasteiger partial charge in [0, 0.05) is 13.0 Å². The number of nitrogens with zero attached hydrogens (tertiary/aromatic N) is 2. The smallest absolute Gasteiger partial charge is 0.0766 e. The molecule has 1 atom stereocenters. The summed E-state index contributed by atoms with van der Waals surface area (Å²) in [5.74, 6) is 0. The Morgan fingerprint density at radius 1 is 1.30 bits per heavy atom. The topological polar surface area (TPSA) is 38.0 Å². The first-order valence-corrected chi connectivity index (χ1v) is 8.79. The summed E-state index contributed by atoms with van der Waals surface area (Å²) in [6.45, 7) is 7.32. The van der Waals surface area contributed by atoms with Crippen LogP contribution in [-0.4, -0.2) is 21.0 Å². The van der Waals surface area contributed by atoms with Gasteiger partial charge < -0.3 is 5.11 Å². The van der Waals surface area contributed by atoms with Crippen molar-refractivity contribution in [2.75, 3.05) is 0 Å². The molecule has 20 heavy (non-hydrogen) atoms. The Balaban J connectivity index is 2.22. The SMILES string of the molecule is CCc1nn(CC)c(CC(O)C2(CC)CCCC2)c1Br. The van der Waals surface area contributed by atoms with E-state index in [9.17, 15) is 5.11 Å². The predicted molar refractivity (Wildman–Crippen MR) is 85.9 cm³/mol. The highest BCUT2D eigenvalue weighted by Gasteiger charge is 2.39. The molecule has 1 aliphatic rings. The lowest BCUT2D eigenvalue weighted by molar-refractivity contribution is 0.0242. The number of rotatable bonds is 6. The summed E-state index contributed by atoms with van der Waals surface area (Å²) in [5.41, 5.74) is 2.40. The lowest BCUT2D eigenvalue weighted by Crippen LogP contribution is -2.34. The molecule has 1 aromatic rings. The normalized spacial score (nSPS) is 19.4. The maximum Gasteiger partial charge on any atom is 0.0766 e. The van der Waals surface area contributed by atoms with Gasteiger partial charge in [-0.15, -0.1) is 0 Å². The van der Waals surface area contributed by atoms with E-state index in [1.807, 2.05) is 4.68 Å². The largest absolute Gasteiger partial charge is 0.392 e. The molecule has 0 aromatic carbocycles. The molecule has 1 saturated carbocycles. The van der Waals surface area contributed by atoms with E-state index in [2.05, 4.69) is 41.8 Å². The fourth-order valence-electron chi connectivity index (χ4n) is 3.61. The predicted octanol–water partition coefficient (Wildman–Crippen LogP) is 4.10. The maximum atomic E-state index is 10.8. The number of aliphatic hydroxyl groups excluding tert-OH is 1. The van der Waals surface area contributed by atoms with Crippen molar-refractivity contribution in [1.29, 1.82) is 0 Å². The zero-order valence-corrected chi connectivity index (χ0v) is 14.5. The lowest BCUT2D eigenvalue weighted by atomic mass is 9.76. The summed E-state index contributed by atoms with van der Waals surface area (Å²) < 4.78 is 3.15. The zero-order valence-electron chi connectivity index (χ0n) is 13.0. The number of aryl methyl sites for hydroxylation is 2. The molecule has 1 fully saturated rings. The third-order valence-electron chi connectivity index (χ3n) is 5.09. The Morgan fingerprint density at radius 3 is 2.45 bits per heavy atom. The monoisotopic (exact) mass is 342 g/mol. The van der Waals surface area contributed by atoms with Gasteiger partial charge in [0.1, 0.15) is 0 Å². The maximum absolute atomic E-state index is 10.8. The molecule has 1 aliphatic carbocycles. The van der Waals surface area contributed by atoms with Crippen LogP contribution < -0.4 is 0 Å². The van der Waals surface area contributed by atoms with E-state index in [0.717, 1.165) is 41.7 Å². The molecule has 3 nitrogen and oxygen atoms in total. The van der Waals surface area contributed by atoms with Crippen molar-refractivity contribution in [2.24, 2.45) is 5.41 Å². The number of hydrogen-bond acceptors (Lipinski definition) is 2. The molecular weight excluding hydrogens is 316 g/mol. The van der Waals surface area contributed by atoms with Crippen LogP contribution in [0, 0.1) is 5.41 Å². The van der Waals surface area contributed by atoms with Crippen molar-refractivity contribution in [1.82, 2.24) is 9.78 Å². The Morgan fingerprint density at radius 2 is 1.95 bits per heavy atom. The number of aliphatic hydroxyl groups is 1. The van der Waals surface area contributed by atoms with Crippen molar-refractivity contribution in [3.8, 4) is 0 Å². The Kier molecular flexibility index (Phi) is 5.30. The van der Waals surface area contributed by atoms with Gasteiger partial charge >= 0.3 is 0 Å². The lowest BCUT2D eigenvalue weighted by Gasteiger charge is -2.33. The third kappa shape index (κ3) is 2.82. The van der Waals surface area contributed by atoms with Gasteiger partial charge in [0.15, 0.2) is 0 Å². The molecule has 1 unspecified atom stereocenters.